The first kappa shape index (κ1) is 12.6. The van der Waals surface area contributed by atoms with E-state index in [-0.39, 0.29) is 0 Å². The largest absolute Gasteiger partial charge is 0.247 e. The molecule has 1 heterocycles. The molecule has 1 nitrogen and oxygen atoms in total. The number of rotatable bonds is 4. The number of alkyl halides is 1. The van der Waals surface area contributed by atoms with Gasteiger partial charge in [-0.05, 0) is 25.8 Å². The molecule has 0 aliphatic carbocycles. The molecule has 0 fully saturated rings. The molecular formula is C14H16ClNS. The van der Waals surface area contributed by atoms with Crippen molar-refractivity contribution in [3.8, 4) is 0 Å². The smallest absolute Gasteiger partial charge is 0.0897 e. The lowest BCUT2D eigenvalue weighted by atomic mass is 9.95. The van der Waals surface area contributed by atoms with E-state index in [4.69, 9.17) is 11.6 Å². The first-order valence-corrected chi connectivity index (χ1v) is 7.14. The van der Waals surface area contributed by atoms with Gasteiger partial charge in [-0.15, -0.1) is 22.9 Å². The van der Waals surface area contributed by atoms with Crippen molar-refractivity contribution in [2.75, 3.05) is 5.88 Å². The van der Waals surface area contributed by atoms with E-state index in [0.29, 0.717) is 11.8 Å². The topological polar surface area (TPSA) is 12.9 Å². The number of aromatic nitrogens is 1. The summed E-state index contributed by atoms with van der Waals surface area (Å²) in [5.41, 5.74) is 3.75. The maximum absolute atomic E-state index is 6.09. The van der Waals surface area contributed by atoms with Gasteiger partial charge in [-0.2, -0.15) is 0 Å². The molecule has 0 amide bonds. The molecule has 1 aromatic heterocycles. The van der Waals surface area contributed by atoms with Crippen LogP contribution in [-0.2, 0) is 6.42 Å². The third-order valence-corrected chi connectivity index (χ3v) is 4.02. The molecule has 17 heavy (non-hydrogen) atoms. The SMILES string of the molecule is Cc1cccc(C(CCl)Cc2csc(C)n2)c1. The van der Waals surface area contributed by atoms with Crippen LogP contribution >= 0.6 is 22.9 Å². The average molecular weight is 266 g/mol. The molecular weight excluding hydrogens is 250 g/mol. The molecule has 0 bridgehead atoms. The number of benzene rings is 1. The van der Waals surface area contributed by atoms with Crippen molar-refractivity contribution < 1.29 is 0 Å². The summed E-state index contributed by atoms with van der Waals surface area (Å²) in [7, 11) is 0. The zero-order valence-electron chi connectivity index (χ0n) is 10.1. The van der Waals surface area contributed by atoms with Gasteiger partial charge in [0.05, 0.1) is 10.7 Å². The molecule has 1 aromatic carbocycles. The van der Waals surface area contributed by atoms with E-state index in [1.54, 1.807) is 11.3 Å². The summed E-state index contributed by atoms with van der Waals surface area (Å²) < 4.78 is 0. The van der Waals surface area contributed by atoms with Gasteiger partial charge in [0.1, 0.15) is 0 Å². The highest BCUT2D eigenvalue weighted by Gasteiger charge is 2.13. The lowest BCUT2D eigenvalue weighted by Gasteiger charge is -2.13. The van der Waals surface area contributed by atoms with Crippen LogP contribution in [0.3, 0.4) is 0 Å². The molecule has 0 radical (unpaired) electrons. The second kappa shape index (κ2) is 5.65. The van der Waals surface area contributed by atoms with Crippen molar-refractivity contribution >= 4 is 22.9 Å². The van der Waals surface area contributed by atoms with Crippen LogP contribution in [0.1, 0.15) is 27.7 Å². The molecule has 0 aliphatic rings. The van der Waals surface area contributed by atoms with Gasteiger partial charge in [0.25, 0.3) is 0 Å². The molecule has 0 N–H and O–H groups in total. The van der Waals surface area contributed by atoms with E-state index in [1.165, 1.54) is 11.1 Å². The Hall–Kier alpha value is -0.860. The van der Waals surface area contributed by atoms with E-state index < -0.39 is 0 Å². The second-order valence-electron chi connectivity index (χ2n) is 4.33. The Kier molecular flexibility index (Phi) is 4.19. The summed E-state index contributed by atoms with van der Waals surface area (Å²) in [6.07, 6.45) is 0.928. The Bertz CT molecular complexity index is 492. The normalized spacial score (nSPS) is 12.6. The minimum atomic E-state index is 0.359. The Balaban J connectivity index is 2.16. The Labute approximate surface area is 111 Å². The zero-order valence-corrected chi connectivity index (χ0v) is 11.7. The van der Waals surface area contributed by atoms with E-state index in [2.05, 4.69) is 41.6 Å². The molecule has 0 saturated heterocycles. The third kappa shape index (κ3) is 3.30. The molecule has 90 valence electrons. The molecule has 1 unspecified atom stereocenters. The van der Waals surface area contributed by atoms with Crippen LogP contribution < -0.4 is 0 Å². The van der Waals surface area contributed by atoms with Crippen LogP contribution in [0.2, 0.25) is 0 Å². The van der Waals surface area contributed by atoms with Gasteiger partial charge in [-0.1, -0.05) is 29.8 Å². The Morgan fingerprint density at radius 2 is 2.18 bits per heavy atom. The maximum atomic E-state index is 6.09. The zero-order chi connectivity index (χ0) is 12.3. The van der Waals surface area contributed by atoms with Gasteiger partial charge in [-0.25, -0.2) is 4.98 Å². The first-order valence-electron chi connectivity index (χ1n) is 5.72. The highest BCUT2D eigenvalue weighted by atomic mass is 35.5. The Morgan fingerprint density at radius 3 is 2.76 bits per heavy atom. The molecule has 0 spiro atoms. The van der Waals surface area contributed by atoms with E-state index >= 15 is 0 Å². The molecule has 0 aliphatic heterocycles. The number of halogens is 1. The van der Waals surface area contributed by atoms with Crippen LogP contribution in [-0.4, -0.2) is 10.9 Å². The predicted molar refractivity (Wildman–Crippen MR) is 75.2 cm³/mol. The van der Waals surface area contributed by atoms with E-state index in [9.17, 15) is 0 Å². The van der Waals surface area contributed by atoms with Crippen molar-refractivity contribution in [1.82, 2.24) is 4.98 Å². The van der Waals surface area contributed by atoms with Gasteiger partial charge in [0.15, 0.2) is 0 Å². The van der Waals surface area contributed by atoms with Gasteiger partial charge < -0.3 is 0 Å². The molecule has 2 rings (SSSR count). The average Bonchev–Trinajstić information content (AvgIpc) is 2.72. The first-order chi connectivity index (χ1) is 8.19. The summed E-state index contributed by atoms with van der Waals surface area (Å²) in [4.78, 5) is 4.51. The summed E-state index contributed by atoms with van der Waals surface area (Å²) in [6.45, 7) is 4.15. The molecule has 2 aromatic rings. The predicted octanol–water partition coefficient (Wildman–Crippen LogP) is 4.33. The van der Waals surface area contributed by atoms with Crippen molar-refractivity contribution in [2.24, 2.45) is 0 Å². The third-order valence-electron chi connectivity index (χ3n) is 2.82. The van der Waals surface area contributed by atoms with E-state index in [0.717, 1.165) is 17.1 Å². The fraction of sp³-hybridized carbons (Fsp3) is 0.357. The van der Waals surface area contributed by atoms with Gasteiger partial charge in [-0.3, -0.25) is 0 Å². The van der Waals surface area contributed by atoms with Crippen molar-refractivity contribution in [2.45, 2.75) is 26.2 Å². The molecule has 0 saturated carbocycles. The lowest BCUT2D eigenvalue weighted by molar-refractivity contribution is 0.749. The fourth-order valence-electron chi connectivity index (χ4n) is 1.94. The van der Waals surface area contributed by atoms with Crippen LogP contribution in [0.5, 0.6) is 0 Å². The lowest BCUT2D eigenvalue weighted by Crippen LogP contribution is -2.05. The summed E-state index contributed by atoms with van der Waals surface area (Å²) >= 11 is 7.79. The van der Waals surface area contributed by atoms with Crippen molar-refractivity contribution in [3.63, 3.8) is 0 Å². The fourth-order valence-corrected chi connectivity index (χ4v) is 2.85. The number of hydrogen-bond acceptors (Lipinski definition) is 2. The summed E-state index contributed by atoms with van der Waals surface area (Å²) in [5, 5.41) is 3.25. The van der Waals surface area contributed by atoms with Crippen molar-refractivity contribution in [3.05, 3.63) is 51.5 Å². The summed E-state index contributed by atoms with van der Waals surface area (Å²) in [5.74, 6) is 0.998. The van der Waals surface area contributed by atoms with Crippen LogP contribution in [0.4, 0.5) is 0 Å². The van der Waals surface area contributed by atoms with Gasteiger partial charge in [0.2, 0.25) is 0 Å². The minimum Gasteiger partial charge on any atom is -0.247 e. The summed E-state index contributed by atoms with van der Waals surface area (Å²) in [6, 6.07) is 8.57. The second-order valence-corrected chi connectivity index (χ2v) is 5.70. The maximum Gasteiger partial charge on any atom is 0.0897 e. The highest BCUT2D eigenvalue weighted by molar-refractivity contribution is 7.09. The highest BCUT2D eigenvalue weighted by Crippen LogP contribution is 2.23. The standard InChI is InChI=1S/C14H16ClNS/c1-10-4-3-5-12(6-10)13(8-15)7-14-9-17-11(2)16-14/h3-6,9,13H,7-8H2,1-2H3. The van der Waals surface area contributed by atoms with E-state index in [1.807, 2.05) is 6.92 Å². The van der Waals surface area contributed by atoms with Crippen LogP contribution in [0.15, 0.2) is 29.6 Å². The van der Waals surface area contributed by atoms with Crippen molar-refractivity contribution in [1.29, 1.82) is 0 Å². The number of nitrogens with zero attached hydrogens (tertiary/aromatic N) is 1. The van der Waals surface area contributed by atoms with Gasteiger partial charge >= 0.3 is 0 Å². The Morgan fingerprint density at radius 1 is 1.35 bits per heavy atom. The number of hydrogen-bond donors (Lipinski definition) is 0. The number of aryl methyl sites for hydroxylation is 2. The van der Waals surface area contributed by atoms with Crippen LogP contribution in [0, 0.1) is 13.8 Å². The van der Waals surface area contributed by atoms with Gasteiger partial charge in [0, 0.05) is 17.2 Å². The monoisotopic (exact) mass is 265 g/mol. The number of thiazole rings is 1. The van der Waals surface area contributed by atoms with Crippen LogP contribution in [0.25, 0.3) is 0 Å². The minimum absolute atomic E-state index is 0.359. The molecule has 3 heteroatoms. The molecule has 1 atom stereocenters. The quantitative estimate of drug-likeness (QED) is 0.750.